The van der Waals surface area contributed by atoms with Gasteiger partial charge in [0, 0.05) is 13.1 Å². The molecule has 3 N–H and O–H groups in total. The zero-order chi connectivity index (χ0) is 26.1. The van der Waals surface area contributed by atoms with E-state index in [2.05, 4.69) is 17.6 Å². The smallest absolute Gasteiger partial charge is 0.309 e. The summed E-state index contributed by atoms with van der Waals surface area (Å²) in [4.78, 5) is 23.7. The number of benzene rings is 1. The molecule has 36 heavy (non-hydrogen) atoms. The van der Waals surface area contributed by atoms with Crippen molar-refractivity contribution in [1.29, 1.82) is 0 Å². The molecule has 0 spiro atoms. The van der Waals surface area contributed by atoms with Crippen LogP contribution < -0.4 is 10.6 Å². The second kappa shape index (κ2) is 23.4. The molecule has 0 atom stereocenters. The molecule has 0 unspecified atom stereocenters. The molecule has 0 aliphatic carbocycles. The summed E-state index contributed by atoms with van der Waals surface area (Å²) in [6.45, 7) is 3.10. The van der Waals surface area contributed by atoms with Crippen LogP contribution in [0, 0.1) is 0 Å². The second-order valence-electron chi connectivity index (χ2n) is 10.3. The number of aromatic hydroxyl groups is 1. The van der Waals surface area contributed by atoms with Crippen LogP contribution in [0.25, 0.3) is 0 Å². The quantitative estimate of drug-likeness (QED) is 0.105. The van der Waals surface area contributed by atoms with Gasteiger partial charge in [0.15, 0.2) is 0 Å². The minimum atomic E-state index is -0.615. The van der Waals surface area contributed by atoms with Crippen LogP contribution in [-0.4, -0.2) is 23.5 Å². The normalized spacial score (nSPS) is 10.9. The van der Waals surface area contributed by atoms with Crippen molar-refractivity contribution >= 4 is 11.8 Å². The van der Waals surface area contributed by atoms with E-state index >= 15 is 0 Å². The van der Waals surface area contributed by atoms with Crippen molar-refractivity contribution in [2.75, 3.05) is 6.54 Å². The summed E-state index contributed by atoms with van der Waals surface area (Å²) in [5, 5.41) is 14.6. The Morgan fingerprint density at radius 3 is 1.33 bits per heavy atom. The van der Waals surface area contributed by atoms with Gasteiger partial charge in [-0.15, -0.1) is 0 Å². The average Bonchev–Trinajstić information content (AvgIpc) is 2.89. The van der Waals surface area contributed by atoms with E-state index in [9.17, 15) is 14.7 Å². The number of nitrogens with one attached hydrogen (secondary N) is 2. The molecule has 1 rings (SSSR count). The van der Waals surface area contributed by atoms with Gasteiger partial charge in [-0.3, -0.25) is 9.59 Å². The first-order valence-electron chi connectivity index (χ1n) is 15.0. The predicted molar refractivity (Wildman–Crippen MR) is 151 cm³/mol. The number of hydrogen-bond donors (Lipinski definition) is 3. The Kier molecular flexibility index (Phi) is 20.8. The molecule has 2 amide bonds. The first kappa shape index (κ1) is 32.0. The summed E-state index contributed by atoms with van der Waals surface area (Å²) in [5.74, 6) is -1.01. The summed E-state index contributed by atoms with van der Waals surface area (Å²) >= 11 is 0. The maximum atomic E-state index is 11.9. The SMILES string of the molecule is CCCCCCCCCCCCCCCCCCCCCCNC(=O)C(=O)NCc1ccc(O)cc1. The van der Waals surface area contributed by atoms with Crippen molar-refractivity contribution in [2.45, 2.75) is 142 Å². The first-order chi connectivity index (χ1) is 17.6. The van der Waals surface area contributed by atoms with Gasteiger partial charge in [-0.2, -0.15) is 0 Å². The first-order valence-corrected chi connectivity index (χ1v) is 15.0. The maximum absolute atomic E-state index is 11.9. The zero-order valence-electron chi connectivity index (χ0n) is 23.1. The van der Waals surface area contributed by atoms with Crippen molar-refractivity contribution in [3.63, 3.8) is 0 Å². The highest BCUT2D eigenvalue weighted by atomic mass is 16.3. The highest BCUT2D eigenvalue weighted by Crippen LogP contribution is 2.15. The molecule has 1 aromatic rings. The fourth-order valence-electron chi connectivity index (χ4n) is 4.54. The third-order valence-electron chi connectivity index (χ3n) is 6.91. The largest absolute Gasteiger partial charge is 0.508 e. The van der Waals surface area contributed by atoms with Crippen molar-refractivity contribution in [2.24, 2.45) is 0 Å². The number of carbonyl (C=O) groups is 2. The minimum absolute atomic E-state index is 0.178. The second-order valence-corrected chi connectivity index (χ2v) is 10.3. The molecule has 0 aromatic heterocycles. The molecule has 0 radical (unpaired) electrons. The van der Waals surface area contributed by atoms with Crippen molar-refractivity contribution < 1.29 is 14.7 Å². The van der Waals surface area contributed by atoms with E-state index < -0.39 is 11.8 Å². The highest BCUT2D eigenvalue weighted by Gasteiger charge is 2.11. The zero-order valence-corrected chi connectivity index (χ0v) is 23.1. The van der Waals surface area contributed by atoms with E-state index in [4.69, 9.17) is 0 Å². The number of hydrogen-bond acceptors (Lipinski definition) is 3. The third kappa shape index (κ3) is 19.2. The molecule has 0 aliphatic heterocycles. The highest BCUT2D eigenvalue weighted by molar-refractivity contribution is 6.35. The van der Waals surface area contributed by atoms with Gasteiger partial charge in [0.25, 0.3) is 0 Å². The molecular weight excluding hydrogens is 448 g/mol. The Labute approximate surface area is 221 Å². The molecule has 0 saturated carbocycles. The van der Waals surface area contributed by atoms with Crippen LogP contribution in [0.3, 0.4) is 0 Å². The molecule has 0 aliphatic rings. The van der Waals surface area contributed by atoms with Gasteiger partial charge < -0.3 is 15.7 Å². The number of carbonyl (C=O) groups excluding carboxylic acids is 2. The fourth-order valence-corrected chi connectivity index (χ4v) is 4.54. The molecule has 206 valence electrons. The van der Waals surface area contributed by atoms with Crippen LogP contribution in [0.5, 0.6) is 5.75 Å². The maximum Gasteiger partial charge on any atom is 0.309 e. The van der Waals surface area contributed by atoms with Gasteiger partial charge in [-0.25, -0.2) is 0 Å². The van der Waals surface area contributed by atoms with E-state index in [-0.39, 0.29) is 12.3 Å². The van der Waals surface area contributed by atoms with Crippen LogP contribution in [0.1, 0.15) is 141 Å². The Balaban J connectivity index is 1.78. The molecule has 0 fully saturated rings. The number of amides is 2. The molecule has 5 heteroatoms. The van der Waals surface area contributed by atoms with Gasteiger partial charge in [0.1, 0.15) is 5.75 Å². The Bertz CT molecular complexity index is 660. The topological polar surface area (TPSA) is 78.4 Å². The van der Waals surface area contributed by atoms with Crippen LogP contribution in [0.4, 0.5) is 0 Å². The lowest BCUT2D eigenvalue weighted by molar-refractivity contribution is -0.139. The van der Waals surface area contributed by atoms with Crippen LogP contribution >= 0.6 is 0 Å². The van der Waals surface area contributed by atoms with Gasteiger partial charge in [-0.05, 0) is 24.1 Å². The molecule has 0 heterocycles. The summed E-state index contributed by atoms with van der Waals surface area (Å²) in [7, 11) is 0. The molecule has 1 aromatic carbocycles. The van der Waals surface area contributed by atoms with E-state index in [1.807, 2.05) is 0 Å². The summed E-state index contributed by atoms with van der Waals surface area (Å²) in [5.41, 5.74) is 0.836. The van der Waals surface area contributed by atoms with Gasteiger partial charge in [0.05, 0.1) is 0 Å². The van der Waals surface area contributed by atoms with E-state index in [1.54, 1.807) is 24.3 Å². The number of phenolic OH excluding ortho intramolecular Hbond substituents is 1. The molecule has 0 bridgehead atoms. The van der Waals surface area contributed by atoms with Crippen LogP contribution in [0.15, 0.2) is 24.3 Å². The molecular formula is C31H54N2O3. The van der Waals surface area contributed by atoms with Crippen molar-refractivity contribution in [3.8, 4) is 5.75 Å². The predicted octanol–water partition coefficient (Wildman–Crippen LogP) is 7.95. The standard InChI is InChI=1S/C31H54N2O3/c1-2-3-4-5-6-7-8-9-10-11-12-13-14-15-16-17-18-19-20-21-26-32-30(35)31(36)33-27-28-22-24-29(34)25-23-28/h22-25,34H,2-21,26-27H2,1H3,(H,32,35)(H,33,36). The number of rotatable bonds is 23. The van der Waals surface area contributed by atoms with Crippen LogP contribution in [-0.2, 0) is 16.1 Å². The fraction of sp³-hybridized carbons (Fsp3) is 0.742. The average molecular weight is 503 g/mol. The molecule has 0 saturated heterocycles. The van der Waals surface area contributed by atoms with E-state index in [0.717, 1.165) is 18.4 Å². The summed E-state index contributed by atoms with van der Waals surface area (Å²) < 4.78 is 0. The number of unbranched alkanes of at least 4 members (excludes halogenated alkanes) is 19. The minimum Gasteiger partial charge on any atom is -0.508 e. The Morgan fingerprint density at radius 2 is 0.917 bits per heavy atom. The number of phenols is 1. The monoisotopic (exact) mass is 502 g/mol. The molecule has 5 nitrogen and oxygen atoms in total. The van der Waals surface area contributed by atoms with Crippen LogP contribution in [0.2, 0.25) is 0 Å². The van der Waals surface area contributed by atoms with E-state index in [1.165, 1.54) is 116 Å². The Hall–Kier alpha value is -2.04. The van der Waals surface area contributed by atoms with Gasteiger partial charge >= 0.3 is 11.8 Å². The summed E-state index contributed by atoms with van der Waals surface area (Å²) in [6, 6.07) is 6.54. The Morgan fingerprint density at radius 1 is 0.556 bits per heavy atom. The lowest BCUT2D eigenvalue weighted by atomic mass is 10.0. The third-order valence-corrected chi connectivity index (χ3v) is 6.91. The van der Waals surface area contributed by atoms with Crippen molar-refractivity contribution in [1.82, 2.24) is 10.6 Å². The van der Waals surface area contributed by atoms with E-state index in [0.29, 0.717) is 6.54 Å². The lowest BCUT2D eigenvalue weighted by Gasteiger charge is -2.07. The van der Waals surface area contributed by atoms with Crippen molar-refractivity contribution in [3.05, 3.63) is 29.8 Å². The van der Waals surface area contributed by atoms with Gasteiger partial charge in [-0.1, -0.05) is 141 Å². The van der Waals surface area contributed by atoms with Gasteiger partial charge in [0.2, 0.25) is 0 Å². The lowest BCUT2D eigenvalue weighted by Crippen LogP contribution is -2.39. The summed E-state index contributed by atoms with van der Waals surface area (Å²) in [6.07, 6.45) is 26.9.